The van der Waals surface area contributed by atoms with E-state index in [1.807, 2.05) is 6.92 Å². The third-order valence-corrected chi connectivity index (χ3v) is 4.48. The highest BCUT2D eigenvalue weighted by Crippen LogP contribution is 2.42. The summed E-state index contributed by atoms with van der Waals surface area (Å²) >= 11 is 0. The van der Waals surface area contributed by atoms with Gasteiger partial charge in [-0.1, -0.05) is 19.1 Å². The van der Waals surface area contributed by atoms with Gasteiger partial charge in [-0.15, -0.1) is 0 Å². The van der Waals surface area contributed by atoms with Crippen molar-refractivity contribution in [1.29, 1.82) is 0 Å². The Bertz CT molecular complexity index is 450. The number of esters is 1. The van der Waals surface area contributed by atoms with Crippen LogP contribution >= 0.6 is 0 Å². The van der Waals surface area contributed by atoms with Crippen molar-refractivity contribution in [2.45, 2.75) is 51.4 Å². The molecule has 1 aliphatic carbocycles. The molecule has 6 heteroatoms. The van der Waals surface area contributed by atoms with E-state index in [2.05, 4.69) is 0 Å². The van der Waals surface area contributed by atoms with Crippen LogP contribution in [0.15, 0.2) is 12.2 Å². The molecule has 1 heterocycles. The predicted octanol–water partition coefficient (Wildman–Crippen LogP) is 0.475. The zero-order chi connectivity index (χ0) is 16.3. The van der Waals surface area contributed by atoms with Crippen molar-refractivity contribution >= 4 is 11.9 Å². The molecule has 2 N–H and O–H groups in total. The predicted molar refractivity (Wildman–Crippen MR) is 79.8 cm³/mol. The van der Waals surface area contributed by atoms with Gasteiger partial charge in [-0.3, -0.25) is 9.59 Å². The Balaban J connectivity index is 1.92. The van der Waals surface area contributed by atoms with Crippen LogP contribution in [0.4, 0.5) is 0 Å². The van der Waals surface area contributed by atoms with Crippen LogP contribution in [0.25, 0.3) is 0 Å². The number of fused-ring (bicyclic) bond motifs is 1. The summed E-state index contributed by atoms with van der Waals surface area (Å²) in [4.78, 5) is 24.4. The highest BCUT2D eigenvalue weighted by molar-refractivity contribution is 5.73. The molecule has 6 nitrogen and oxygen atoms in total. The van der Waals surface area contributed by atoms with Crippen molar-refractivity contribution in [3.63, 3.8) is 0 Å². The number of carbonyl (C=O) groups excluding carboxylic acids is 2. The van der Waals surface area contributed by atoms with Crippen LogP contribution in [0.2, 0.25) is 0 Å². The Morgan fingerprint density at radius 3 is 2.91 bits per heavy atom. The largest absolute Gasteiger partial charge is 0.462 e. The van der Waals surface area contributed by atoms with Gasteiger partial charge in [0, 0.05) is 31.7 Å². The van der Waals surface area contributed by atoms with Gasteiger partial charge in [0.05, 0.1) is 25.2 Å². The first kappa shape index (κ1) is 17.0. The number of aliphatic hydroxyl groups is 2. The summed E-state index contributed by atoms with van der Waals surface area (Å²) in [5, 5.41) is 20.1. The number of amides is 1. The number of nitrogens with zero attached hydrogens (tertiary/aromatic N) is 1. The van der Waals surface area contributed by atoms with Gasteiger partial charge in [0.15, 0.2) is 0 Å². The van der Waals surface area contributed by atoms with E-state index in [1.54, 1.807) is 17.1 Å². The average molecular weight is 311 g/mol. The van der Waals surface area contributed by atoms with Crippen molar-refractivity contribution in [2.24, 2.45) is 11.8 Å². The fourth-order valence-corrected chi connectivity index (χ4v) is 3.38. The van der Waals surface area contributed by atoms with Crippen molar-refractivity contribution in [1.82, 2.24) is 4.90 Å². The number of aliphatic hydroxyl groups excluding tert-OH is 2. The molecular weight excluding hydrogens is 286 g/mol. The molecule has 0 aromatic carbocycles. The van der Waals surface area contributed by atoms with E-state index in [-0.39, 0.29) is 36.4 Å². The van der Waals surface area contributed by atoms with Crippen molar-refractivity contribution < 1.29 is 24.5 Å². The molecule has 124 valence electrons. The lowest BCUT2D eigenvalue weighted by atomic mass is 9.91. The molecule has 1 aliphatic heterocycles. The highest BCUT2D eigenvalue weighted by atomic mass is 16.6. The van der Waals surface area contributed by atoms with E-state index in [4.69, 9.17) is 4.74 Å². The second-order valence-corrected chi connectivity index (χ2v) is 6.19. The minimum Gasteiger partial charge on any atom is -0.462 e. The van der Waals surface area contributed by atoms with E-state index in [0.29, 0.717) is 19.4 Å². The van der Waals surface area contributed by atoms with E-state index < -0.39 is 12.2 Å². The molecule has 4 unspecified atom stereocenters. The Morgan fingerprint density at radius 1 is 1.55 bits per heavy atom. The molecule has 0 spiro atoms. The monoisotopic (exact) mass is 311 g/mol. The van der Waals surface area contributed by atoms with E-state index in [0.717, 1.165) is 6.42 Å². The van der Waals surface area contributed by atoms with Gasteiger partial charge < -0.3 is 19.8 Å². The molecular formula is C16H25NO5. The maximum atomic E-state index is 11.5. The number of hydrogen-bond acceptors (Lipinski definition) is 5. The fraction of sp³-hybridized carbons (Fsp3) is 0.750. The van der Waals surface area contributed by atoms with Crippen LogP contribution in [0, 0.1) is 11.8 Å². The highest BCUT2D eigenvalue weighted by Gasteiger charge is 2.48. The maximum absolute atomic E-state index is 11.5. The second kappa shape index (κ2) is 7.24. The van der Waals surface area contributed by atoms with Gasteiger partial charge in [0.2, 0.25) is 5.91 Å². The third-order valence-electron chi connectivity index (χ3n) is 4.48. The van der Waals surface area contributed by atoms with Gasteiger partial charge in [-0.25, -0.2) is 0 Å². The maximum Gasteiger partial charge on any atom is 0.306 e. The molecule has 5 atom stereocenters. The molecule has 0 aromatic rings. The molecule has 1 saturated heterocycles. The third kappa shape index (κ3) is 3.87. The molecule has 0 aromatic heterocycles. The van der Waals surface area contributed by atoms with Gasteiger partial charge >= 0.3 is 5.97 Å². The lowest BCUT2D eigenvalue weighted by Crippen LogP contribution is -2.36. The van der Waals surface area contributed by atoms with Crippen LogP contribution in [0.1, 0.15) is 33.1 Å². The number of ether oxygens (including phenoxy) is 1. The van der Waals surface area contributed by atoms with Gasteiger partial charge in [-0.05, 0) is 6.42 Å². The van der Waals surface area contributed by atoms with Gasteiger partial charge in [-0.2, -0.15) is 0 Å². The first-order valence-electron chi connectivity index (χ1n) is 7.91. The smallest absolute Gasteiger partial charge is 0.306 e. The van der Waals surface area contributed by atoms with Crippen LogP contribution < -0.4 is 0 Å². The summed E-state index contributed by atoms with van der Waals surface area (Å²) in [5.74, 6) is -0.467. The molecule has 2 fully saturated rings. The van der Waals surface area contributed by atoms with Crippen molar-refractivity contribution in [3.05, 3.63) is 12.2 Å². The Hall–Kier alpha value is -1.40. The van der Waals surface area contributed by atoms with Crippen molar-refractivity contribution in [3.8, 4) is 0 Å². The Labute approximate surface area is 130 Å². The van der Waals surface area contributed by atoms with E-state index >= 15 is 0 Å². The quantitative estimate of drug-likeness (QED) is 0.550. The molecule has 22 heavy (non-hydrogen) atoms. The normalized spacial score (nSPS) is 32.1. The van der Waals surface area contributed by atoms with Crippen LogP contribution in [-0.4, -0.2) is 58.4 Å². The van der Waals surface area contributed by atoms with Gasteiger partial charge in [0.25, 0.3) is 0 Å². The number of rotatable bonds is 6. The lowest BCUT2D eigenvalue weighted by molar-refractivity contribution is -0.141. The SMILES string of the molecule is CCCN(C[C@@H](O)C=CC1C(O)CC2OC(=O)CC21)C(C)=O. The summed E-state index contributed by atoms with van der Waals surface area (Å²) < 4.78 is 5.17. The first-order valence-corrected chi connectivity index (χ1v) is 7.91. The first-order chi connectivity index (χ1) is 10.4. The van der Waals surface area contributed by atoms with E-state index in [9.17, 15) is 19.8 Å². The summed E-state index contributed by atoms with van der Waals surface area (Å²) in [6, 6.07) is 0. The minimum absolute atomic E-state index is 0.00879. The Morgan fingerprint density at radius 2 is 2.27 bits per heavy atom. The molecule has 0 bridgehead atoms. The zero-order valence-corrected chi connectivity index (χ0v) is 13.1. The summed E-state index contributed by atoms with van der Waals surface area (Å²) in [6.45, 7) is 4.31. The molecule has 2 rings (SSSR count). The fourth-order valence-electron chi connectivity index (χ4n) is 3.38. The van der Waals surface area contributed by atoms with Crippen LogP contribution in [0.3, 0.4) is 0 Å². The molecule has 2 aliphatic rings. The lowest BCUT2D eigenvalue weighted by Gasteiger charge is -2.22. The number of carbonyl (C=O) groups is 2. The van der Waals surface area contributed by atoms with Crippen LogP contribution in [0.5, 0.6) is 0 Å². The Kier molecular flexibility index (Phi) is 5.58. The summed E-state index contributed by atoms with van der Waals surface area (Å²) in [6.07, 6.45) is 3.46. The summed E-state index contributed by atoms with van der Waals surface area (Å²) in [7, 11) is 0. The van der Waals surface area contributed by atoms with E-state index in [1.165, 1.54) is 6.92 Å². The molecule has 0 radical (unpaired) electrons. The second-order valence-electron chi connectivity index (χ2n) is 6.19. The minimum atomic E-state index is -0.778. The van der Waals surface area contributed by atoms with Gasteiger partial charge in [0.1, 0.15) is 6.10 Å². The van der Waals surface area contributed by atoms with Crippen LogP contribution in [-0.2, 0) is 14.3 Å². The topological polar surface area (TPSA) is 87.1 Å². The average Bonchev–Trinajstić information content (AvgIpc) is 2.91. The van der Waals surface area contributed by atoms with Crippen molar-refractivity contribution in [2.75, 3.05) is 13.1 Å². The molecule has 1 amide bonds. The summed E-state index contributed by atoms with van der Waals surface area (Å²) in [5.41, 5.74) is 0. The number of hydrogen-bond donors (Lipinski definition) is 2. The zero-order valence-electron chi connectivity index (χ0n) is 13.1. The standard InChI is InChI=1S/C16H25NO5/c1-3-6-17(10(2)18)9-11(19)4-5-12-13-7-16(21)22-15(13)8-14(12)20/h4-5,11-15,19-20H,3,6-9H2,1-2H3/t11-,12?,13?,14?,15?/m0/s1. The molecule has 1 saturated carbocycles.